The van der Waals surface area contributed by atoms with Gasteiger partial charge in [0.15, 0.2) is 0 Å². The number of carbonyl (C=O) groups excluding carboxylic acids is 2. The number of rotatable bonds is 2. The number of hydrogen-bond donors (Lipinski definition) is 2. The lowest BCUT2D eigenvalue weighted by Gasteiger charge is -2.44. The van der Waals surface area contributed by atoms with Gasteiger partial charge in [0.2, 0.25) is 5.91 Å². The van der Waals surface area contributed by atoms with Gasteiger partial charge in [-0.15, -0.1) is 0 Å². The Balaban J connectivity index is 2.97. The Labute approximate surface area is 99.5 Å². The maximum atomic E-state index is 11.7. The van der Waals surface area contributed by atoms with Crippen LogP contribution in [0.4, 0.5) is 0 Å². The van der Waals surface area contributed by atoms with Gasteiger partial charge in [0.25, 0.3) is 5.91 Å². The molecule has 0 aromatic rings. The lowest BCUT2D eigenvalue weighted by atomic mass is 9.99. The second kappa shape index (κ2) is 5.05. The molecule has 0 spiro atoms. The van der Waals surface area contributed by atoms with E-state index in [-0.39, 0.29) is 10.7 Å². The molecule has 1 aliphatic rings. The van der Waals surface area contributed by atoms with Crippen molar-refractivity contribution >= 4 is 23.6 Å². The Morgan fingerprint density at radius 1 is 1.56 bits per heavy atom. The van der Waals surface area contributed by atoms with E-state index in [0.29, 0.717) is 13.0 Å². The molecule has 0 unspecified atom stereocenters. The van der Waals surface area contributed by atoms with Crippen molar-refractivity contribution in [1.29, 1.82) is 0 Å². The van der Waals surface area contributed by atoms with Gasteiger partial charge >= 0.3 is 0 Å². The summed E-state index contributed by atoms with van der Waals surface area (Å²) in [7, 11) is 0. The number of nitrogens with zero attached hydrogens (tertiary/aromatic N) is 1. The first-order valence-electron chi connectivity index (χ1n) is 5.31. The highest BCUT2D eigenvalue weighted by Crippen LogP contribution is 2.35. The summed E-state index contributed by atoms with van der Waals surface area (Å²) in [4.78, 5) is 24.9. The molecule has 1 saturated heterocycles. The number of thioether (sulfide) groups is 1. The second-order valence-electron chi connectivity index (χ2n) is 4.27. The van der Waals surface area contributed by atoms with Crippen LogP contribution in [0.25, 0.3) is 0 Å². The van der Waals surface area contributed by atoms with E-state index in [1.165, 1.54) is 0 Å². The first kappa shape index (κ1) is 13.3. The van der Waals surface area contributed by atoms with Crippen LogP contribution < -0.4 is 5.48 Å². The third-order valence-corrected chi connectivity index (χ3v) is 4.11. The van der Waals surface area contributed by atoms with Crippen LogP contribution in [0.1, 0.15) is 27.2 Å². The zero-order chi connectivity index (χ0) is 12.3. The minimum atomic E-state index is -0.608. The second-order valence-corrected chi connectivity index (χ2v) is 6.02. The summed E-state index contributed by atoms with van der Waals surface area (Å²) < 4.78 is -0.379. The zero-order valence-corrected chi connectivity index (χ0v) is 10.6. The van der Waals surface area contributed by atoms with Gasteiger partial charge in [0, 0.05) is 23.5 Å². The molecule has 0 aliphatic carbocycles. The predicted molar refractivity (Wildman–Crippen MR) is 62.3 cm³/mol. The van der Waals surface area contributed by atoms with E-state index in [9.17, 15) is 9.59 Å². The van der Waals surface area contributed by atoms with Gasteiger partial charge in [-0.25, -0.2) is 5.48 Å². The smallest absolute Gasteiger partial charge is 0.267 e. The predicted octanol–water partition coefficient (Wildman–Crippen LogP) is 0.624. The molecular formula is C10H18N2O3S. The van der Waals surface area contributed by atoms with Crippen LogP contribution in [0.5, 0.6) is 0 Å². The van der Waals surface area contributed by atoms with Crippen LogP contribution in [-0.4, -0.2) is 45.0 Å². The molecule has 5 nitrogen and oxygen atoms in total. The van der Waals surface area contributed by atoms with Crippen molar-refractivity contribution in [3.8, 4) is 0 Å². The molecule has 0 aromatic heterocycles. The molecule has 1 aliphatic heterocycles. The molecule has 2 N–H and O–H groups in total. The van der Waals surface area contributed by atoms with E-state index in [1.807, 2.05) is 13.8 Å². The van der Waals surface area contributed by atoms with Crippen molar-refractivity contribution in [2.45, 2.75) is 38.0 Å². The van der Waals surface area contributed by atoms with Gasteiger partial charge < -0.3 is 4.90 Å². The van der Waals surface area contributed by atoms with Gasteiger partial charge in [-0.3, -0.25) is 14.8 Å². The minimum absolute atomic E-state index is 0.0537. The van der Waals surface area contributed by atoms with E-state index in [4.69, 9.17) is 5.21 Å². The Kier molecular flexibility index (Phi) is 4.21. The van der Waals surface area contributed by atoms with Crippen LogP contribution in [-0.2, 0) is 9.59 Å². The first-order chi connectivity index (χ1) is 7.44. The molecule has 1 fully saturated rings. The number of amides is 2. The average Bonchev–Trinajstić information content (AvgIpc) is 2.25. The molecule has 92 valence electrons. The summed E-state index contributed by atoms with van der Waals surface area (Å²) in [5.74, 6) is 0.245. The van der Waals surface area contributed by atoms with Crippen molar-refractivity contribution in [2.24, 2.45) is 0 Å². The molecule has 0 bridgehead atoms. The summed E-state index contributed by atoms with van der Waals surface area (Å²) in [6, 6.07) is -0.608. The monoisotopic (exact) mass is 246 g/mol. The molecular weight excluding hydrogens is 228 g/mol. The standard InChI is InChI=1S/C10H18N2O3S/c1-4-7(13)12-5-6-16-10(2,3)8(12)9(14)11-15/h8,15H,4-6H2,1-3H3,(H,11,14)/t8-/m0/s1. The third-order valence-electron chi connectivity index (χ3n) is 2.76. The van der Waals surface area contributed by atoms with Crippen molar-refractivity contribution in [1.82, 2.24) is 10.4 Å². The molecule has 0 radical (unpaired) electrons. The Hall–Kier alpha value is -0.750. The fraction of sp³-hybridized carbons (Fsp3) is 0.800. The van der Waals surface area contributed by atoms with Crippen molar-refractivity contribution in [2.75, 3.05) is 12.3 Å². The Bertz CT molecular complexity index is 294. The maximum absolute atomic E-state index is 11.7. The quantitative estimate of drug-likeness (QED) is 0.554. The molecule has 1 heterocycles. The van der Waals surface area contributed by atoms with Gasteiger partial charge in [-0.05, 0) is 13.8 Å². The van der Waals surface area contributed by atoms with Gasteiger partial charge in [-0.1, -0.05) is 6.92 Å². The first-order valence-corrected chi connectivity index (χ1v) is 6.30. The van der Waals surface area contributed by atoms with Crippen molar-refractivity contribution in [3.05, 3.63) is 0 Å². The van der Waals surface area contributed by atoms with E-state index < -0.39 is 11.9 Å². The van der Waals surface area contributed by atoms with Crippen molar-refractivity contribution in [3.63, 3.8) is 0 Å². The number of nitrogens with one attached hydrogen (secondary N) is 1. The number of carbonyl (C=O) groups is 2. The van der Waals surface area contributed by atoms with E-state index in [0.717, 1.165) is 5.75 Å². The van der Waals surface area contributed by atoms with E-state index >= 15 is 0 Å². The van der Waals surface area contributed by atoms with E-state index in [1.54, 1.807) is 29.1 Å². The Morgan fingerprint density at radius 3 is 2.69 bits per heavy atom. The summed E-state index contributed by atoms with van der Waals surface area (Å²) in [5.41, 5.74) is 1.65. The summed E-state index contributed by atoms with van der Waals surface area (Å²) >= 11 is 1.64. The van der Waals surface area contributed by atoms with Gasteiger partial charge in [0.05, 0.1) is 0 Å². The third kappa shape index (κ3) is 2.49. The molecule has 0 aromatic carbocycles. The summed E-state index contributed by atoms with van der Waals surface area (Å²) in [6.07, 6.45) is 0.371. The summed E-state index contributed by atoms with van der Waals surface area (Å²) in [6.45, 7) is 6.14. The van der Waals surface area contributed by atoms with Crippen LogP contribution in [0.2, 0.25) is 0 Å². The maximum Gasteiger partial charge on any atom is 0.267 e. The molecule has 1 atom stereocenters. The van der Waals surface area contributed by atoms with Gasteiger partial charge in [-0.2, -0.15) is 11.8 Å². The lowest BCUT2D eigenvalue weighted by Crippen LogP contribution is -2.61. The molecule has 1 rings (SSSR count). The zero-order valence-electron chi connectivity index (χ0n) is 9.82. The van der Waals surface area contributed by atoms with Crippen LogP contribution in [0.15, 0.2) is 0 Å². The minimum Gasteiger partial charge on any atom is -0.328 e. The van der Waals surface area contributed by atoms with Crippen LogP contribution in [0, 0.1) is 0 Å². The summed E-state index contributed by atoms with van der Waals surface area (Å²) in [5, 5.41) is 8.74. The van der Waals surface area contributed by atoms with Crippen molar-refractivity contribution < 1.29 is 14.8 Å². The SMILES string of the molecule is CCC(=O)N1CCSC(C)(C)[C@@H]1C(=O)NO. The normalized spacial score (nSPS) is 24.0. The molecule has 16 heavy (non-hydrogen) atoms. The molecule has 2 amide bonds. The Morgan fingerprint density at radius 2 is 2.19 bits per heavy atom. The van der Waals surface area contributed by atoms with E-state index in [2.05, 4.69) is 0 Å². The topological polar surface area (TPSA) is 69.6 Å². The fourth-order valence-electron chi connectivity index (χ4n) is 1.98. The largest absolute Gasteiger partial charge is 0.328 e. The molecule has 0 saturated carbocycles. The average molecular weight is 246 g/mol. The highest BCUT2D eigenvalue weighted by molar-refractivity contribution is 8.00. The number of hydroxylamine groups is 1. The van der Waals surface area contributed by atoms with Crippen LogP contribution >= 0.6 is 11.8 Å². The highest BCUT2D eigenvalue weighted by atomic mass is 32.2. The molecule has 6 heteroatoms. The number of hydrogen-bond acceptors (Lipinski definition) is 4. The fourth-order valence-corrected chi connectivity index (χ4v) is 3.19. The lowest BCUT2D eigenvalue weighted by molar-refractivity contribution is -0.145. The van der Waals surface area contributed by atoms with Crippen LogP contribution in [0.3, 0.4) is 0 Å². The highest BCUT2D eigenvalue weighted by Gasteiger charge is 2.44. The van der Waals surface area contributed by atoms with Gasteiger partial charge in [0.1, 0.15) is 6.04 Å².